The molecule has 3 aromatic carbocycles. The average Bonchev–Trinajstić information content (AvgIpc) is 2.78. The lowest BCUT2D eigenvalue weighted by molar-refractivity contribution is -0.140. The largest absolute Gasteiger partial charge is 0.355 e. The van der Waals surface area contributed by atoms with E-state index in [1.54, 1.807) is 4.90 Å². The number of nitrogens with zero attached hydrogens (tertiary/aromatic N) is 1. The molecule has 154 valence electrons. The van der Waals surface area contributed by atoms with E-state index in [1.165, 1.54) is 0 Å². The molecule has 0 saturated carbocycles. The van der Waals surface area contributed by atoms with Crippen molar-refractivity contribution in [3.8, 4) is 0 Å². The molecule has 0 saturated heterocycles. The summed E-state index contributed by atoms with van der Waals surface area (Å²) in [6.07, 6.45) is 0.735. The van der Waals surface area contributed by atoms with Crippen molar-refractivity contribution in [2.24, 2.45) is 0 Å². The molecule has 1 N–H and O–H groups in total. The Hall–Kier alpha value is -3.40. The van der Waals surface area contributed by atoms with Crippen LogP contribution in [0.5, 0.6) is 0 Å². The topological polar surface area (TPSA) is 49.4 Å². The van der Waals surface area contributed by atoms with Crippen molar-refractivity contribution in [3.05, 3.63) is 108 Å². The molecule has 0 fully saturated rings. The second-order valence-corrected chi connectivity index (χ2v) is 7.27. The third-order valence-corrected chi connectivity index (χ3v) is 5.02. The quantitative estimate of drug-likeness (QED) is 0.590. The van der Waals surface area contributed by atoms with Gasteiger partial charge in [-0.05, 0) is 23.6 Å². The van der Waals surface area contributed by atoms with Gasteiger partial charge in [-0.2, -0.15) is 0 Å². The predicted octanol–water partition coefficient (Wildman–Crippen LogP) is 4.01. The van der Waals surface area contributed by atoms with Crippen molar-refractivity contribution in [3.63, 3.8) is 0 Å². The zero-order valence-electron chi connectivity index (χ0n) is 17.3. The Labute approximate surface area is 178 Å². The maximum atomic E-state index is 13.4. The van der Waals surface area contributed by atoms with E-state index in [-0.39, 0.29) is 18.2 Å². The molecule has 0 aromatic heterocycles. The van der Waals surface area contributed by atoms with Gasteiger partial charge in [0.1, 0.15) is 6.04 Å². The summed E-state index contributed by atoms with van der Waals surface area (Å²) >= 11 is 0. The molecule has 3 rings (SSSR count). The summed E-state index contributed by atoms with van der Waals surface area (Å²) in [5, 5.41) is 2.92. The van der Waals surface area contributed by atoms with Gasteiger partial charge in [0.2, 0.25) is 11.8 Å². The Morgan fingerprint density at radius 2 is 1.27 bits per heavy atom. The van der Waals surface area contributed by atoms with E-state index in [9.17, 15) is 9.59 Å². The summed E-state index contributed by atoms with van der Waals surface area (Å²) in [5.41, 5.74) is 2.97. The Bertz CT molecular complexity index is 927. The second kappa shape index (κ2) is 11.0. The van der Waals surface area contributed by atoms with Gasteiger partial charge < -0.3 is 10.2 Å². The first-order chi connectivity index (χ1) is 14.7. The highest BCUT2D eigenvalue weighted by molar-refractivity contribution is 5.88. The summed E-state index contributed by atoms with van der Waals surface area (Å²) in [6.45, 7) is 2.81. The van der Waals surface area contributed by atoms with Gasteiger partial charge in [0, 0.05) is 19.5 Å². The van der Waals surface area contributed by atoms with Crippen LogP contribution in [-0.2, 0) is 29.0 Å². The molecule has 0 aliphatic carbocycles. The molecule has 0 aliphatic rings. The van der Waals surface area contributed by atoms with E-state index in [0.29, 0.717) is 19.5 Å². The maximum absolute atomic E-state index is 13.4. The van der Waals surface area contributed by atoms with Crippen molar-refractivity contribution in [1.82, 2.24) is 10.2 Å². The molecule has 0 unspecified atom stereocenters. The van der Waals surface area contributed by atoms with Crippen LogP contribution in [0.15, 0.2) is 91.0 Å². The smallest absolute Gasteiger partial charge is 0.243 e. The minimum absolute atomic E-state index is 0.0581. The molecule has 0 bridgehead atoms. The zero-order valence-corrected chi connectivity index (χ0v) is 17.3. The Balaban J connectivity index is 1.92. The van der Waals surface area contributed by atoms with Crippen LogP contribution in [-0.4, -0.2) is 29.3 Å². The molecule has 0 aliphatic heterocycles. The number of carbonyl (C=O) groups excluding carboxylic acids is 2. The normalized spacial score (nSPS) is 11.5. The third kappa shape index (κ3) is 6.05. The number of hydrogen-bond donors (Lipinski definition) is 1. The van der Waals surface area contributed by atoms with E-state index >= 15 is 0 Å². The molecular formula is C26H28N2O2. The highest BCUT2D eigenvalue weighted by Crippen LogP contribution is 2.16. The van der Waals surface area contributed by atoms with Crippen LogP contribution in [0.2, 0.25) is 0 Å². The first kappa shape index (κ1) is 21.3. The van der Waals surface area contributed by atoms with Crippen LogP contribution in [0.4, 0.5) is 0 Å². The van der Waals surface area contributed by atoms with Gasteiger partial charge in [-0.1, -0.05) is 91.0 Å². The first-order valence-electron chi connectivity index (χ1n) is 10.4. The lowest BCUT2D eigenvalue weighted by atomic mass is 10.0. The fraction of sp³-hybridized carbons (Fsp3) is 0.231. The molecule has 4 nitrogen and oxygen atoms in total. The van der Waals surface area contributed by atoms with E-state index in [2.05, 4.69) is 5.32 Å². The molecule has 0 spiro atoms. The van der Waals surface area contributed by atoms with Crippen molar-refractivity contribution < 1.29 is 9.59 Å². The second-order valence-electron chi connectivity index (χ2n) is 7.27. The lowest BCUT2D eigenvalue weighted by Crippen LogP contribution is -2.50. The number of nitrogens with one attached hydrogen (secondary N) is 1. The number of amides is 2. The highest BCUT2D eigenvalue weighted by Gasteiger charge is 2.30. The van der Waals surface area contributed by atoms with Gasteiger partial charge in [0.25, 0.3) is 0 Å². The van der Waals surface area contributed by atoms with Gasteiger partial charge in [-0.3, -0.25) is 9.59 Å². The first-order valence-corrected chi connectivity index (χ1v) is 10.4. The maximum Gasteiger partial charge on any atom is 0.243 e. The number of benzene rings is 3. The predicted molar refractivity (Wildman–Crippen MR) is 120 cm³/mol. The fourth-order valence-corrected chi connectivity index (χ4v) is 3.50. The highest BCUT2D eigenvalue weighted by atomic mass is 16.2. The van der Waals surface area contributed by atoms with Crippen LogP contribution in [0, 0.1) is 0 Å². The minimum atomic E-state index is -0.580. The van der Waals surface area contributed by atoms with Gasteiger partial charge in [0.15, 0.2) is 0 Å². The minimum Gasteiger partial charge on any atom is -0.355 e. The Morgan fingerprint density at radius 1 is 0.767 bits per heavy atom. The average molecular weight is 401 g/mol. The monoisotopic (exact) mass is 400 g/mol. The number of rotatable bonds is 9. The Kier molecular flexibility index (Phi) is 7.78. The van der Waals surface area contributed by atoms with Crippen molar-refractivity contribution in [2.45, 2.75) is 32.4 Å². The Morgan fingerprint density at radius 3 is 1.80 bits per heavy atom. The lowest BCUT2D eigenvalue weighted by Gasteiger charge is -2.31. The standard InChI is InChI=1S/C26H28N2O2/c1-2-27-26(30)24(18-21-12-6-3-7-13-21)28(20-23-16-10-5-11-17-23)25(29)19-22-14-8-4-9-15-22/h3-17,24H,2,18-20H2,1H3,(H,27,30)/t24-/m1/s1. The summed E-state index contributed by atoms with van der Waals surface area (Å²) in [6, 6.07) is 28.8. The molecule has 4 heteroatoms. The third-order valence-electron chi connectivity index (χ3n) is 5.02. The van der Waals surface area contributed by atoms with Gasteiger partial charge >= 0.3 is 0 Å². The number of likely N-dealkylation sites (N-methyl/N-ethyl adjacent to an activating group) is 1. The van der Waals surface area contributed by atoms with Gasteiger partial charge in [-0.25, -0.2) is 0 Å². The molecule has 0 radical (unpaired) electrons. The van der Waals surface area contributed by atoms with Crippen LogP contribution in [0.25, 0.3) is 0 Å². The number of hydrogen-bond acceptors (Lipinski definition) is 2. The summed E-state index contributed by atoms with van der Waals surface area (Å²) in [7, 11) is 0. The molecule has 30 heavy (non-hydrogen) atoms. The molecule has 1 atom stereocenters. The van der Waals surface area contributed by atoms with Crippen LogP contribution in [0.3, 0.4) is 0 Å². The SMILES string of the molecule is CCNC(=O)[C@@H](Cc1ccccc1)N(Cc1ccccc1)C(=O)Cc1ccccc1. The summed E-state index contributed by atoms with van der Waals surface area (Å²) in [4.78, 5) is 28.2. The van der Waals surface area contributed by atoms with E-state index in [1.807, 2.05) is 97.9 Å². The van der Waals surface area contributed by atoms with Crippen LogP contribution < -0.4 is 5.32 Å². The molecular weight excluding hydrogens is 372 g/mol. The van der Waals surface area contributed by atoms with Crippen LogP contribution >= 0.6 is 0 Å². The molecule has 3 aromatic rings. The molecule has 2 amide bonds. The van der Waals surface area contributed by atoms with Crippen molar-refractivity contribution in [1.29, 1.82) is 0 Å². The number of carbonyl (C=O) groups is 2. The molecule has 0 heterocycles. The van der Waals surface area contributed by atoms with E-state index in [0.717, 1.165) is 16.7 Å². The van der Waals surface area contributed by atoms with Crippen molar-refractivity contribution >= 4 is 11.8 Å². The van der Waals surface area contributed by atoms with Crippen molar-refractivity contribution in [2.75, 3.05) is 6.54 Å². The van der Waals surface area contributed by atoms with E-state index < -0.39 is 6.04 Å². The van der Waals surface area contributed by atoms with Gasteiger partial charge in [0.05, 0.1) is 6.42 Å². The van der Waals surface area contributed by atoms with Gasteiger partial charge in [-0.15, -0.1) is 0 Å². The summed E-state index contributed by atoms with van der Waals surface area (Å²) in [5.74, 6) is -0.184. The fourth-order valence-electron chi connectivity index (χ4n) is 3.50. The van der Waals surface area contributed by atoms with Crippen LogP contribution in [0.1, 0.15) is 23.6 Å². The zero-order chi connectivity index (χ0) is 21.2. The summed E-state index contributed by atoms with van der Waals surface area (Å²) < 4.78 is 0. The van der Waals surface area contributed by atoms with E-state index in [4.69, 9.17) is 0 Å².